The van der Waals surface area contributed by atoms with Gasteiger partial charge in [-0.05, 0) is 60.9 Å². The molecule has 0 unspecified atom stereocenters. The number of hydrazone groups is 1. The number of esters is 1. The summed E-state index contributed by atoms with van der Waals surface area (Å²) in [7, 11) is 1.50. The minimum Gasteiger partial charge on any atom is -0.494 e. The molecule has 0 bridgehead atoms. The van der Waals surface area contributed by atoms with E-state index in [-0.39, 0.29) is 5.91 Å². The second-order valence-electron chi connectivity index (χ2n) is 8.34. The SMILES string of the molecule is CCCCCCCCCC(=O)N/N=C/c1ccc(OC(=O)c2ccc(OCCC)cc2)c(OC)c1. The van der Waals surface area contributed by atoms with Crippen LogP contribution in [0.2, 0.25) is 0 Å². The van der Waals surface area contributed by atoms with E-state index in [2.05, 4.69) is 17.5 Å². The molecular formula is C28H38N2O5. The Bertz CT molecular complexity index is 941. The Morgan fingerprint density at radius 1 is 0.886 bits per heavy atom. The number of nitrogens with one attached hydrogen (secondary N) is 1. The highest BCUT2D eigenvalue weighted by molar-refractivity contribution is 5.91. The minimum atomic E-state index is -0.496. The Morgan fingerprint density at radius 3 is 2.29 bits per heavy atom. The molecule has 0 atom stereocenters. The average Bonchev–Trinajstić information content (AvgIpc) is 2.88. The van der Waals surface area contributed by atoms with E-state index in [0.29, 0.717) is 41.4 Å². The molecule has 2 aromatic rings. The van der Waals surface area contributed by atoms with Gasteiger partial charge >= 0.3 is 5.97 Å². The summed E-state index contributed by atoms with van der Waals surface area (Å²) in [4.78, 5) is 24.5. The number of amides is 1. The van der Waals surface area contributed by atoms with Crippen LogP contribution in [-0.4, -0.2) is 31.8 Å². The predicted molar refractivity (Wildman–Crippen MR) is 139 cm³/mol. The predicted octanol–water partition coefficient (Wildman–Crippen LogP) is 6.29. The van der Waals surface area contributed by atoms with Crippen molar-refractivity contribution in [2.45, 2.75) is 71.6 Å². The normalized spacial score (nSPS) is 10.8. The van der Waals surface area contributed by atoms with Crippen LogP contribution in [0.4, 0.5) is 0 Å². The van der Waals surface area contributed by atoms with E-state index >= 15 is 0 Å². The smallest absolute Gasteiger partial charge is 0.343 e. The van der Waals surface area contributed by atoms with E-state index < -0.39 is 5.97 Å². The Morgan fingerprint density at radius 2 is 1.60 bits per heavy atom. The molecule has 0 aliphatic carbocycles. The summed E-state index contributed by atoms with van der Waals surface area (Å²) in [6, 6.07) is 11.9. The first-order valence-electron chi connectivity index (χ1n) is 12.5. The zero-order chi connectivity index (χ0) is 25.3. The maximum Gasteiger partial charge on any atom is 0.343 e. The van der Waals surface area contributed by atoms with Gasteiger partial charge in [-0.3, -0.25) is 4.79 Å². The number of nitrogens with zero attached hydrogens (tertiary/aromatic N) is 1. The van der Waals surface area contributed by atoms with Gasteiger partial charge in [0.15, 0.2) is 11.5 Å². The summed E-state index contributed by atoms with van der Waals surface area (Å²) in [6.07, 6.45) is 11.1. The summed E-state index contributed by atoms with van der Waals surface area (Å²) in [6.45, 7) is 4.86. The van der Waals surface area contributed by atoms with E-state index in [1.54, 1.807) is 42.5 Å². The lowest BCUT2D eigenvalue weighted by Crippen LogP contribution is -2.16. The number of unbranched alkanes of at least 4 members (excludes halogenated alkanes) is 6. The van der Waals surface area contributed by atoms with Crippen molar-refractivity contribution in [3.63, 3.8) is 0 Å². The largest absolute Gasteiger partial charge is 0.494 e. The highest BCUT2D eigenvalue weighted by Gasteiger charge is 2.13. The highest BCUT2D eigenvalue weighted by Crippen LogP contribution is 2.28. The summed E-state index contributed by atoms with van der Waals surface area (Å²) in [5.74, 6) is 0.797. The fraction of sp³-hybridized carbons (Fsp3) is 0.464. The zero-order valence-electron chi connectivity index (χ0n) is 21.2. The Kier molecular flexibility index (Phi) is 13.0. The molecule has 0 saturated heterocycles. The summed E-state index contributed by atoms with van der Waals surface area (Å²) in [5, 5.41) is 4.02. The van der Waals surface area contributed by atoms with Crippen LogP contribution in [0.15, 0.2) is 47.6 Å². The molecular weight excluding hydrogens is 444 g/mol. The molecule has 1 N–H and O–H groups in total. The topological polar surface area (TPSA) is 86.2 Å². The van der Waals surface area contributed by atoms with Gasteiger partial charge in [0.1, 0.15) is 5.75 Å². The first-order valence-corrected chi connectivity index (χ1v) is 12.5. The van der Waals surface area contributed by atoms with Crippen molar-refractivity contribution in [3.05, 3.63) is 53.6 Å². The Balaban J connectivity index is 1.82. The van der Waals surface area contributed by atoms with Crippen LogP contribution < -0.4 is 19.6 Å². The Labute approximate surface area is 208 Å². The van der Waals surface area contributed by atoms with Crippen molar-refractivity contribution in [1.29, 1.82) is 0 Å². The van der Waals surface area contributed by atoms with E-state index in [4.69, 9.17) is 14.2 Å². The highest BCUT2D eigenvalue weighted by atomic mass is 16.6. The van der Waals surface area contributed by atoms with Crippen molar-refractivity contribution in [2.24, 2.45) is 5.10 Å². The first kappa shape index (κ1) is 27.9. The lowest BCUT2D eigenvalue weighted by atomic mass is 10.1. The molecule has 7 nitrogen and oxygen atoms in total. The molecule has 35 heavy (non-hydrogen) atoms. The number of rotatable bonds is 16. The van der Waals surface area contributed by atoms with E-state index in [1.807, 2.05) is 6.92 Å². The molecule has 1 amide bonds. The van der Waals surface area contributed by atoms with Gasteiger partial charge in [0.25, 0.3) is 0 Å². The van der Waals surface area contributed by atoms with E-state index in [0.717, 1.165) is 19.3 Å². The number of methoxy groups -OCH3 is 1. The third-order valence-electron chi connectivity index (χ3n) is 5.36. The molecule has 0 saturated carbocycles. The standard InChI is InChI=1S/C28H38N2O5/c1-4-6-7-8-9-10-11-12-27(31)30-29-21-22-13-18-25(26(20-22)33-3)35-28(32)23-14-16-24(17-15-23)34-19-5-2/h13-18,20-21H,4-12,19H2,1-3H3,(H,30,31)/b29-21+. The molecule has 7 heteroatoms. The van der Waals surface area contributed by atoms with Crippen LogP contribution in [0.1, 0.15) is 87.6 Å². The number of benzene rings is 2. The third kappa shape index (κ3) is 10.6. The fourth-order valence-electron chi connectivity index (χ4n) is 3.39. The van der Waals surface area contributed by atoms with Crippen molar-refractivity contribution in [1.82, 2.24) is 5.43 Å². The van der Waals surface area contributed by atoms with E-state index in [1.165, 1.54) is 45.4 Å². The first-order chi connectivity index (χ1) is 17.1. The monoisotopic (exact) mass is 482 g/mol. The van der Waals surface area contributed by atoms with Crippen LogP contribution in [-0.2, 0) is 4.79 Å². The van der Waals surface area contributed by atoms with Crippen molar-refractivity contribution < 1.29 is 23.8 Å². The van der Waals surface area contributed by atoms with E-state index in [9.17, 15) is 9.59 Å². The molecule has 190 valence electrons. The quantitative estimate of drug-likeness (QED) is 0.0998. The molecule has 0 fully saturated rings. The number of hydrogen-bond donors (Lipinski definition) is 1. The minimum absolute atomic E-state index is 0.0987. The second-order valence-corrected chi connectivity index (χ2v) is 8.34. The van der Waals surface area contributed by atoms with Crippen LogP contribution in [0.3, 0.4) is 0 Å². The summed E-state index contributed by atoms with van der Waals surface area (Å²) >= 11 is 0. The molecule has 0 aliphatic rings. The average molecular weight is 483 g/mol. The lowest BCUT2D eigenvalue weighted by molar-refractivity contribution is -0.121. The van der Waals surface area contributed by atoms with Gasteiger partial charge in [-0.15, -0.1) is 0 Å². The maximum absolute atomic E-state index is 12.5. The maximum atomic E-state index is 12.5. The fourth-order valence-corrected chi connectivity index (χ4v) is 3.39. The summed E-state index contributed by atoms with van der Waals surface area (Å²) in [5.41, 5.74) is 3.67. The molecule has 2 aromatic carbocycles. The van der Waals surface area contributed by atoms with Crippen molar-refractivity contribution in [3.8, 4) is 17.2 Å². The van der Waals surface area contributed by atoms with Crippen LogP contribution in [0, 0.1) is 0 Å². The van der Waals surface area contributed by atoms with Crippen LogP contribution in [0.25, 0.3) is 0 Å². The Hall–Kier alpha value is -3.35. The van der Waals surface area contributed by atoms with Crippen LogP contribution >= 0.6 is 0 Å². The molecule has 0 heterocycles. The molecule has 0 aliphatic heterocycles. The third-order valence-corrected chi connectivity index (χ3v) is 5.36. The van der Waals surface area contributed by atoms with Crippen molar-refractivity contribution in [2.75, 3.05) is 13.7 Å². The van der Waals surface area contributed by atoms with Gasteiger partial charge in [-0.1, -0.05) is 52.4 Å². The number of ether oxygens (including phenoxy) is 3. The van der Waals surface area contributed by atoms with Gasteiger partial charge < -0.3 is 14.2 Å². The van der Waals surface area contributed by atoms with Gasteiger partial charge in [-0.25, -0.2) is 10.2 Å². The lowest BCUT2D eigenvalue weighted by Gasteiger charge is -2.10. The molecule has 0 radical (unpaired) electrons. The molecule has 2 rings (SSSR count). The molecule has 0 aromatic heterocycles. The van der Waals surface area contributed by atoms with Crippen LogP contribution in [0.5, 0.6) is 17.2 Å². The number of carbonyl (C=O) groups excluding carboxylic acids is 2. The van der Waals surface area contributed by atoms with Gasteiger partial charge in [0.2, 0.25) is 5.91 Å². The second kappa shape index (κ2) is 16.3. The van der Waals surface area contributed by atoms with Gasteiger partial charge in [0.05, 0.1) is 25.5 Å². The number of hydrogen-bond acceptors (Lipinski definition) is 6. The molecule has 0 spiro atoms. The zero-order valence-corrected chi connectivity index (χ0v) is 21.2. The van der Waals surface area contributed by atoms with Gasteiger partial charge in [-0.2, -0.15) is 5.10 Å². The van der Waals surface area contributed by atoms with Crippen molar-refractivity contribution >= 4 is 18.1 Å². The number of carbonyl (C=O) groups is 2. The summed E-state index contributed by atoms with van der Waals surface area (Å²) < 4.78 is 16.4. The van der Waals surface area contributed by atoms with Gasteiger partial charge in [0, 0.05) is 6.42 Å².